The lowest BCUT2D eigenvalue weighted by molar-refractivity contribution is 0.440. The zero-order valence-corrected chi connectivity index (χ0v) is 12.9. The van der Waals surface area contributed by atoms with Crippen LogP contribution in [-0.4, -0.2) is 12.6 Å². The van der Waals surface area contributed by atoms with Gasteiger partial charge in [0.2, 0.25) is 0 Å². The van der Waals surface area contributed by atoms with Gasteiger partial charge in [-0.05, 0) is 68.1 Å². The molecule has 1 atom stereocenters. The van der Waals surface area contributed by atoms with Crippen molar-refractivity contribution < 1.29 is 8.81 Å². The summed E-state index contributed by atoms with van der Waals surface area (Å²) in [6.45, 7) is 5.18. The number of benzene rings is 1. The van der Waals surface area contributed by atoms with E-state index in [1.807, 2.05) is 25.1 Å². The molecular formula is C18H24FNO. The standard InChI is InChI=1S/C18H24FNO/c1-3-10-20-17(8-9-18-5-4-11-21-18)13-15-12-16(19)7-6-14(15)2/h4-7,11-12,17,20H,3,8-10,13H2,1-2H3. The van der Waals surface area contributed by atoms with Crippen LogP contribution in [0.4, 0.5) is 4.39 Å². The van der Waals surface area contributed by atoms with Gasteiger partial charge in [-0.3, -0.25) is 0 Å². The van der Waals surface area contributed by atoms with E-state index in [2.05, 4.69) is 12.2 Å². The molecule has 0 aliphatic carbocycles. The lowest BCUT2D eigenvalue weighted by atomic mass is 9.97. The van der Waals surface area contributed by atoms with Crippen molar-refractivity contribution >= 4 is 0 Å². The average Bonchev–Trinajstić information content (AvgIpc) is 2.99. The van der Waals surface area contributed by atoms with Crippen LogP contribution in [-0.2, 0) is 12.8 Å². The van der Waals surface area contributed by atoms with Crippen molar-refractivity contribution in [3.63, 3.8) is 0 Å². The van der Waals surface area contributed by atoms with E-state index >= 15 is 0 Å². The van der Waals surface area contributed by atoms with Crippen LogP contribution in [0.1, 0.15) is 36.7 Å². The van der Waals surface area contributed by atoms with E-state index in [9.17, 15) is 4.39 Å². The summed E-state index contributed by atoms with van der Waals surface area (Å²) in [6, 6.07) is 9.30. The van der Waals surface area contributed by atoms with Crippen molar-refractivity contribution in [2.45, 2.75) is 45.6 Å². The molecule has 1 aromatic heterocycles. The minimum atomic E-state index is -0.157. The zero-order chi connectivity index (χ0) is 15.1. The number of furan rings is 1. The molecule has 3 heteroatoms. The molecule has 114 valence electrons. The molecule has 1 N–H and O–H groups in total. The molecule has 0 spiro atoms. The summed E-state index contributed by atoms with van der Waals surface area (Å²) >= 11 is 0. The van der Waals surface area contributed by atoms with Gasteiger partial charge < -0.3 is 9.73 Å². The van der Waals surface area contributed by atoms with Crippen LogP contribution in [0.5, 0.6) is 0 Å². The fourth-order valence-electron chi connectivity index (χ4n) is 2.52. The number of aryl methyl sites for hydroxylation is 2. The normalized spacial score (nSPS) is 12.5. The van der Waals surface area contributed by atoms with Gasteiger partial charge in [0.1, 0.15) is 11.6 Å². The van der Waals surface area contributed by atoms with Crippen LogP contribution in [0.25, 0.3) is 0 Å². The summed E-state index contributed by atoms with van der Waals surface area (Å²) in [6.07, 6.45) is 5.55. The molecule has 1 unspecified atom stereocenters. The van der Waals surface area contributed by atoms with E-state index in [0.29, 0.717) is 6.04 Å². The zero-order valence-electron chi connectivity index (χ0n) is 12.9. The van der Waals surface area contributed by atoms with Crippen molar-refractivity contribution in [1.29, 1.82) is 0 Å². The van der Waals surface area contributed by atoms with Gasteiger partial charge in [0.05, 0.1) is 6.26 Å². The van der Waals surface area contributed by atoms with Crippen molar-refractivity contribution in [1.82, 2.24) is 5.32 Å². The molecule has 0 saturated carbocycles. The molecule has 0 amide bonds. The predicted molar refractivity (Wildman–Crippen MR) is 84.0 cm³/mol. The van der Waals surface area contributed by atoms with Crippen LogP contribution in [0.2, 0.25) is 0 Å². The van der Waals surface area contributed by atoms with E-state index in [4.69, 9.17) is 4.42 Å². The number of rotatable bonds is 8. The minimum Gasteiger partial charge on any atom is -0.469 e. The van der Waals surface area contributed by atoms with Gasteiger partial charge in [0.25, 0.3) is 0 Å². The van der Waals surface area contributed by atoms with Gasteiger partial charge in [-0.15, -0.1) is 0 Å². The third kappa shape index (κ3) is 5.01. The van der Waals surface area contributed by atoms with Crippen LogP contribution >= 0.6 is 0 Å². The molecule has 21 heavy (non-hydrogen) atoms. The maximum atomic E-state index is 13.4. The Balaban J connectivity index is 1.99. The van der Waals surface area contributed by atoms with Gasteiger partial charge in [-0.2, -0.15) is 0 Å². The van der Waals surface area contributed by atoms with Gasteiger partial charge in [-0.25, -0.2) is 4.39 Å². The first-order valence-corrected chi connectivity index (χ1v) is 7.70. The van der Waals surface area contributed by atoms with E-state index < -0.39 is 0 Å². The Morgan fingerprint density at radius 3 is 2.86 bits per heavy atom. The maximum Gasteiger partial charge on any atom is 0.123 e. The van der Waals surface area contributed by atoms with Crippen LogP contribution in [0, 0.1) is 12.7 Å². The van der Waals surface area contributed by atoms with E-state index in [1.54, 1.807) is 12.3 Å². The van der Waals surface area contributed by atoms with Crippen LogP contribution in [0.15, 0.2) is 41.0 Å². The molecule has 0 aliphatic rings. The maximum absolute atomic E-state index is 13.4. The molecular weight excluding hydrogens is 265 g/mol. The summed E-state index contributed by atoms with van der Waals surface area (Å²) in [4.78, 5) is 0. The number of hydrogen-bond acceptors (Lipinski definition) is 2. The van der Waals surface area contributed by atoms with Crippen molar-refractivity contribution in [3.8, 4) is 0 Å². The molecule has 0 saturated heterocycles. The quantitative estimate of drug-likeness (QED) is 0.785. The van der Waals surface area contributed by atoms with Gasteiger partial charge in [0.15, 0.2) is 0 Å². The molecule has 1 heterocycles. The topological polar surface area (TPSA) is 25.2 Å². The lowest BCUT2D eigenvalue weighted by Crippen LogP contribution is -2.32. The molecule has 0 bridgehead atoms. The van der Waals surface area contributed by atoms with Gasteiger partial charge in [-0.1, -0.05) is 13.0 Å². The highest BCUT2D eigenvalue weighted by atomic mass is 19.1. The second-order valence-electron chi connectivity index (χ2n) is 5.54. The largest absolute Gasteiger partial charge is 0.469 e. The summed E-state index contributed by atoms with van der Waals surface area (Å²) in [5.41, 5.74) is 2.24. The summed E-state index contributed by atoms with van der Waals surface area (Å²) in [7, 11) is 0. The Morgan fingerprint density at radius 1 is 1.29 bits per heavy atom. The van der Waals surface area contributed by atoms with Crippen LogP contribution in [0.3, 0.4) is 0 Å². The molecule has 2 aromatic rings. The summed E-state index contributed by atoms with van der Waals surface area (Å²) in [5.74, 6) is 0.852. The smallest absolute Gasteiger partial charge is 0.123 e. The Hall–Kier alpha value is -1.61. The highest BCUT2D eigenvalue weighted by Crippen LogP contribution is 2.15. The molecule has 0 radical (unpaired) electrons. The third-order valence-electron chi connectivity index (χ3n) is 3.78. The molecule has 0 fully saturated rings. The van der Waals surface area contributed by atoms with Gasteiger partial charge in [0, 0.05) is 12.5 Å². The second-order valence-corrected chi connectivity index (χ2v) is 5.54. The number of hydrogen-bond donors (Lipinski definition) is 1. The molecule has 1 aromatic carbocycles. The fourth-order valence-corrected chi connectivity index (χ4v) is 2.52. The first-order valence-electron chi connectivity index (χ1n) is 7.70. The first-order chi connectivity index (χ1) is 10.2. The van der Waals surface area contributed by atoms with Crippen LogP contribution < -0.4 is 5.32 Å². The molecule has 2 rings (SSSR count). The van der Waals surface area contributed by atoms with E-state index in [-0.39, 0.29) is 5.82 Å². The van der Waals surface area contributed by atoms with Crippen molar-refractivity contribution in [3.05, 3.63) is 59.3 Å². The van der Waals surface area contributed by atoms with Crippen molar-refractivity contribution in [2.75, 3.05) is 6.54 Å². The number of halogens is 1. The average molecular weight is 289 g/mol. The fraction of sp³-hybridized carbons (Fsp3) is 0.444. The Labute approximate surface area is 126 Å². The summed E-state index contributed by atoms with van der Waals surface area (Å²) in [5, 5.41) is 3.56. The second kappa shape index (κ2) is 7.99. The molecule has 0 aliphatic heterocycles. The Kier molecular flexibility index (Phi) is 6.00. The Morgan fingerprint density at radius 2 is 2.14 bits per heavy atom. The highest BCUT2D eigenvalue weighted by molar-refractivity contribution is 5.27. The molecule has 2 nitrogen and oxygen atoms in total. The Bertz CT molecular complexity index is 536. The summed E-state index contributed by atoms with van der Waals surface area (Å²) < 4.78 is 18.8. The van der Waals surface area contributed by atoms with Crippen molar-refractivity contribution in [2.24, 2.45) is 0 Å². The highest BCUT2D eigenvalue weighted by Gasteiger charge is 2.12. The third-order valence-corrected chi connectivity index (χ3v) is 3.78. The predicted octanol–water partition coefficient (Wildman–Crippen LogP) is 4.27. The lowest BCUT2D eigenvalue weighted by Gasteiger charge is -2.19. The number of nitrogens with one attached hydrogen (secondary N) is 1. The van der Waals surface area contributed by atoms with E-state index in [1.165, 1.54) is 6.07 Å². The van der Waals surface area contributed by atoms with E-state index in [0.717, 1.165) is 49.1 Å². The minimum absolute atomic E-state index is 0.157. The SMILES string of the molecule is CCCNC(CCc1ccco1)Cc1cc(F)ccc1C. The monoisotopic (exact) mass is 289 g/mol. The first kappa shape index (κ1) is 15.8. The van der Waals surface area contributed by atoms with Gasteiger partial charge >= 0.3 is 0 Å².